The molecule has 9 nitrogen and oxygen atoms in total. The molecule has 5 rings (SSSR count). The molecule has 10 heteroatoms. The molecule has 3 aromatic heterocycles. The number of urea groups is 1. The summed E-state index contributed by atoms with van der Waals surface area (Å²) in [6, 6.07) is 16.0. The number of carbonyl (C=O) groups excluding carboxylic acids is 2. The Hall–Kier alpha value is -4.50. The monoisotopic (exact) mass is 545 g/mol. The second-order valence-electron chi connectivity index (χ2n) is 9.98. The van der Waals surface area contributed by atoms with E-state index in [-0.39, 0.29) is 0 Å². The van der Waals surface area contributed by atoms with Gasteiger partial charge in [-0.05, 0) is 74.9 Å². The highest BCUT2D eigenvalue weighted by Crippen LogP contribution is 2.30. The van der Waals surface area contributed by atoms with Crippen LogP contribution < -0.4 is 15.4 Å². The number of hydrogen-bond donors (Lipinski definition) is 2. The lowest BCUT2D eigenvalue weighted by Crippen LogP contribution is -2.26. The van der Waals surface area contributed by atoms with Gasteiger partial charge in [-0.3, -0.25) is 0 Å². The van der Waals surface area contributed by atoms with Gasteiger partial charge in [-0.15, -0.1) is 0 Å². The lowest BCUT2D eigenvalue weighted by molar-refractivity contribution is 0.0543. The average molecular weight is 546 g/mol. The number of amides is 2. The van der Waals surface area contributed by atoms with Crippen molar-refractivity contribution in [3.05, 3.63) is 83.8 Å². The summed E-state index contributed by atoms with van der Waals surface area (Å²) in [5, 5.41) is 7.90. The van der Waals surface area contributed by atoms with E-state index >= 15 is 0 Å². The predicted octanol–water partition coefficient (Wildman–Crippen LogP) is 7.13. The van der Waals surface area contributed by atoms with Gasteiger partial charge in [0.05, 0.1) is 24.0 Å². The second-order valence-corrected chi connectivity index (χ2v) is 10.4. The number of pyridine rings is 1. The molecule has 0 fully saturated rings. The van der Waals surface area contributed by atoms with Crippen LogP contribution in [0.25, 0.3) is 21.9 Å². The standard InChI is InChI=1S/C29H28ClN5O4/c1-29(2,3)39-28(37)35-17-18(20-7-6-13-31-26(20)35)16-34-14-12-21-22(8-5-9-24(21)34)32-27(36)33-23-15-19(30)10-11-25(23)38-4/h5-15,17H,16H2,1-4H3,(H2,32,33,36). The second kappa shape index (κ2) is 10.3. The van der Waals surface area contributed by atoms with E-state index in [0.717, 1.165) is 21.9 Å². The molecule has 2 N–H and O–H groups in total. The van der Waals surface area contributed by atoms with Crippen LogP contribution in [0.2, 0.25) is 5.02 Å². The summed E-state index contributed by atoms with van der Waals surface area (Å²) in [6.07, 6.45) is 4.88. The van der Waals surface area contributed by atoms with Gasteiger partial charge in [0, 0.05) is 40.9 Å². The first kappa shape index (κ1) is 26.1. The first-order chi connectivity index (χ1) is 18.6. The van der Waals surface area contributed by atoms with Gasteiger partial charge in [0.25, 0.3) is 0 Å². The van der Waals surface area contributed by atoms with Gasteiger partial charge >= 0.3 is 12.1 Å². The molecule has 3 heterocycles. The number of nitrogens with zero attached hydrogens (tertiary/aromatic N) is 3. The molecule has 0 aliphatic rings. The van der Waals surface area contributed by atoms with Crippen molar-refractivity contribution in [2.75, 3.05) is 17.7 Å². The van der Waals surface area contributed by atoms with Crippen molar-refractivity contribution in [2.45, 2.75) is 32.9 Å². The molecule has 2 aromatic carbocycles. The number of ether oxygens (including phenoxy) is 2. The Kier molecular flexibility index (Phi) is 6.93. The van der Waals surface area contributed by atoms with Gasteiger partial charge in [0.15, 0.2) is 0 Å². The largest absolute Gasteiger partial charge is 0.495 e. The number of carbonyl (C=O) groups is 2. The minimum Gasteiger partial charge on any atom is -0.495 e. The topological polar surface area (TPSA) is 99.4 Å². The van der Waals surface area contributed by atoms with E-state index in [1.54, 1.807) is 30.6 Å². The molecule has 2 amide bonds. The molecule has 200 valence electrons. The quantitative estimate of drug-likeness (QED) is 0.245. The van der Waals surface area contributed by atoms with Gasteiger partial charge in [-0.25, -0.2) is 19.1 Å². The smallest absolute Gasteiger partial charge is 0.420 e. The van der Waals surface area contributed by atoms with Crippen LogP contribution >= 0.6 is 11.6 Å². The van der Waals surface area contributed by atoms with Gasteiger partial charge in [0.2, 0.25) is 0 Å². The Morgan fingerprint density at radius 2 is 1.79 bits per heavy atom. The van der Waals surface area contributed by atoms with Crippen molar-refractivity contribution in [1.82, 2.24) is 14.1 Å². The zero-order valence-corrected chi connectivity index (χ0v) is 22.7. The van der Waals surface area contributed by atoms with Crippen molar-refractivity contribution in [3.63, 3.8) is 0 Å². The number of hydrogen-bond acceptors (Lipinski definition) is 5. The Morgan fingerprint density at radius 3 is 2.56 bits per heavy atom. The summed E-state index contributed by atoms with van der Waals surface area (Å²) in [6.45, 7) is 5.97. The highest BCUT2D eigenvalue weighted by Gasteiger charge is 2.22. The number of halogens is 1. The van der Waals surface area contributed by atoms with Crippen LogP contribution in [0.1, 0.15) is 26.3 Å². The third-order valence-electron chi connectivity index (χ3n) is 6.05. The zero-order chi connectivity index (χ0) is 27.7. The normalized spacial score (nSPS) is 11.5. The van der Waals surface area contributed by atoms with Gasteiger partial charge in [-0.1, -0.05) is 17.7 Å². The fourth-order valence-corrected chi connectivity index (χ4v) is 4.58. The van der Waals surface area contributed by atoms with Crippen LogP contribution in [0.3, 0.4) is 0 Å². The highest BCUT2D eigenvalue weighted by molar-refractivity contribution is 6.31. The first-order valence-corrected chi connectivity index (χ1v) is 12.7. The predicted molar refractivity (Wildman–Crippen MR) is 153 cm³/mol. The lowest BCUT2D eigenvalue weighted by atomic mass is 10.2. The summed E-state index contributed by atoms with van der Waals surface area (Å²) in [5.74, 6) is 0.499. The molecule has 0 bridgehead atoms. The fourth-order valence-electron chi connectivity index (χ4n) is 4.41. The molecule has 0 aliphatic heterocycles. The van der Waals surface area contributed by atoms with Crippen molar-refractivity contribution in [3.8, 4) is 5.75 Å². The summed E-state index contributed by atoms with van der Waals surface area (Å²) < 4.78 is 14.4. The Labute approximate surface area is 230 Å². The third kappa shape index (κ3) is 5.53. The Balaban J connectivity index is 1.42. The zero-order valence-electron chi connectivity index (χ0n) is 22.0. The maximum atomic E-state index is 12.9. The van der Waals surface area contributed by atoms with Crippen molar-refractivity contribution >= 4 is 57.0 Å². The van der Waals surface area contributed by atoms with Gasteiger partial charge in [-0.2, -0.15) is 0 Å². The van der Waals surface area contributed by atoms with E-state index in [0.29, 0.717) is 34.3 Å². The van der Waals surface area contributed by atoms with Crippen LogP contribution in [-0.2, 0) is 11.3 Å². The van der Waals surface area contributed by atoms with E-state index in [9.17, 15) is 9.59 Å². The number of fused-ring (bicyclic) bond motifs is 2. The first-order valence-electron chi connectivity index (χ1n) is 12.3. The number of rotatable bonds is 5. The highest BCUT2D eigenvalue weighted by atomic mass is 35.5. The molecule has 5 aromatic rings. The summed E-state index contributed by atoms with van der Waals surface area (Å²) in [4.78, 5) is 30.1. The molecule has 0 aliphatic carbocycles. The van der Waals surface area contributed by atoms with Crippen LogP contribution in [0.5, 0.6) is 5.75 Å². The van der Waals surface area contributed by atoms with Gasteiger partial charge < -0.3 is 24.7 Å². The number of anilines is 2. The molecule has 0 spiro atoms. The molecular formula is C29H28ClN5O4. The van der Waals surface area contributed by atoms with Crippen LogP contribution in [0.4, 0.5) is 21.0 Å². The minimum absolute atomic E-state index is 0.428. The van der Waals surface area contributed by atoms with E-state index < -0.39 is 17.7 Å². The van der Waals surface area contributed by atoms with Crippen molar-refractivity contribution in [1.29, 1.82) is 0 Å². The summed E-state index contributed by atoms with van der Waals surface area (Å²) in [5.41, 5.74) is 2.83. The van der Waals surface area contributed by atoms with E-state index in [4.69, 9.17) is 21.1 Å². The maximum absolute atomic E-state index is 12.9. The average Bonchev–Trinajstić information content (AvgIpc) is 3.46. The lowest BCUT2D eigenvalue weighted by Gasteiger charge is -2.19. The number of benzene rings is 2. The maximum Gasteiger partial charge on any atom is 0.420 e. The minimum atomic E-state index is -0.632. The molecule has 0 atom stereocenters. The summed E-state index contributed by atoms with van der Waals surface area (Å²) >= 11 is 6.09. The molecule has 0 saturated carbocycles. The van der Waals surface area contributed by atoms with E-state index in [1.807, 2.05) is 63.4 Å². The van der Waals surface area contributed by atoms with Crippen LogP contribution in [-0.4, -0.2) is 39.0 Å². The number of methoxy groups -OCH3 is 1. The molecule has 0 radical (unpaired) electrons. The van der Waals surface area contributed by atoms with E-state index in [1.165, 1.54) is 11.7 Å². The molecule has 0 saturated heterocycles. The van der Waals surface area contributed by atoms with Crippen molar-refractivity contribution in [2.24, 2.45) is 0 Å². The van der Waals surface area contributed by atoms with E-state index in [2.05, 4.69) is 20.2 Å². The number of aromatic nitrogens is 3. The summed E-state index contributed by atoms with van der Waals surface area (Å²) in [7, 11) is 1.52. The molecular weight excluding hydrogens is 518 g/mol. The molecule has 39 heavy (non-hydrogen) atoms. The Morgan fingerprint density at radius 1 is 1.00 bits per heavy atom. The SMILES string of the molecule is COc1ccc(Cl)cc1NC(=O)Nc1cccc2c1ccn2Cc1cn(C(=O)OC(C)(C)C)c2ncccc12. The fraction of sp³-hybridized carbons (Fsp3) is 0.207. The van der Waals surface area contributed by atoms with Crippen molar-refractivity contribution < 1.29 is 19.1 Å². The third-order valence-corrected chi connectivity index (χ3v) is 6.28. The van der Waals surface area contributed by atoms with Crippen LogP contribution in [0.15, 0.2) is 73.2 Å². The Bertz CT molecular complexity index is 1700. The number of nitrogens with one attached hydrogen (secondary N) is 2. The molecule has 0 unspecified atom stereocenters. The van der Waals surface area contributed by atoms with Gasteiger partial charge in [0.1, 0.15) is 17.0 Å². The van der Waals surface area contributed by atoms with Crippen LogP contribution in [0, 0.1) is 0 Å².